The Bertz CT molecular complexity index is 496. The molecule has 3 heterocycles. The first-order valence-electron chi connectivity index (χ1n) is 6.23. The van der Waals surface area contributed by atoms with Crippen LogP contribution in [0, 0.1) is 0 Å². The Kier molecular flexibility index (Phi) is 2.88. The second kappa shape index (κ2) is 4.68. The van der Waals surface area contributed by atoms with Crippen LogP contribution in [0.4, 0.5) is 0 Å². The van der Waals surface area contributed by atoms with Crippen molar-refractivity contribution < 1.29 is 9.21 Å². The highest BCUT2D eigenvalue weighted by atomic mass is 16.3. The summed E-state index contributed by atoms with van der Waals surface area (Å²) in [6, 6.07) is 3.59. The fourth-order valence-electron chi connectivity index (χ4n) is 2.22. The molecule has 0 unspecified atom stereocenters. The first-order valence-corrected chi connectivity index (χ1v) is 6.23. The Balaban J connectivity index is 1.80. The second-order valence-electron chi connectivity index (χ2n) is 4.48. The van der Waals surface area contributed by atoms with Crippen molar-refractivity contribution >= 4 is 17.9 Å². The zero-order chi connectivity index (χ0) is 12.4. The van der Waals surface area contributed by atoms with Gasteiger partial charge in [-0.1, -0.05) is 0 Å². The smallest absolute Gasteiger partial charge is 0.276 e. The van der Waals surface area contributed by atoms with Crippen LogP contribution in [-0.2, 0) is 4.79 Å². The number of piperidine rings is 1. The van der Waals surface area contributed by atoms with Crippen molar-refractivity contribution in [2.75, 3.05) is 13.1 Å². The van der Waals surface area contributed by atoms with Gasteiger partial charge in [-0.3, -0.25) is 10.1 Å². The first-order chi connectivity index (χ1) is 8.83. The summed E-state index contributed by atoms with van der Waals surface area (Å²) in [6.07, 6.45) is 6.81. The first kappa shape index (κ1) is 11.1. The van der Waals surface area contributed by atoms with Crippen LogP contribution in [0.1, 0.15) is 25.0 Å². The van der Waals surface area contributed by atoms with E-state index < -0.39 is 0 Å². The number of carbonyl (C=O) groups excluding carboxylic acids is 1. The highest BCUT2D eigenvalue weighted by Crippen LogP contribution is 2.16. The molecule has 2 aliphatic heterocycles. The molecule has 0 radical (unpaired) electrons. The van der Waals surface area contributed by atoms with Gasteiger partial charge in [0.2, 0.25) is 5.96 Å². The van der Waals surface area contributed by atoms with E-state index in [4.69, 9.17) is 4.42 Å². The normalized spacial score (nSPS) is 22.2. The molecule has 0 aromatic carbocycles. The van der Waals surface area contributed by atoms with Gasteiger partial charge in [-0.15, -0.1) is 0 Å². The molecule has 1 N–H and O–H groups in total. The Labute approximate surface area is 105 Å². The van der Waals surface area contributed by atoms with Crippen LogP contribution >= 0.6 is 0 Å². The topological polar surface area (TPSA) is 57.8 Å². The molecule has 1 aromatic rings. The molecule has 0 saturated carbocycles. The lowest BCUT2D eigenvalue weighted by atomic mass is 10.1. The van der Waals surface area contributed by atoms with E-state index in [1.165, 1.54) is 6.42 Å². The Morgan fingerprint density at radius 2 is 2.17 bits per heavy atom. The number of rotatable bonds is 1. The van der Waals surface area contributed by atoms with Crippen molar-refractivity contribution in [2.24, 2.45) is 4.99 Å². The molecule has 0 spiro atoms. The molecule has 5 heteroatoms. The largest absolute Gasteiger partial charge is 0.465 e. The lowest BCUT2D eigenvalue weighted by molar-refractivity contribution is -0.115. The monoisotopic (exact) mass is 245 g/mol. The molecule has 5 nitrogen and oxygen atoms in total. The van der Waals surface area contributed by atoms with Gasteiger partial charge in [0.05, 0.1) is 6.26 Å². The summed E-state index contributed by atoms with van der Waals surface area (Å²) >= 11 is 0. The fourth-order valence-corrected chi connectivity index (χ4v) is 2.22. The number of nitrogens with one attached hydrogen (secondary N) is 1. The minimum atomic E-state index is -0.160. The van der Waals surface area contributed by atoms with Crippen LogP contribution in [-0.4, -0.2) is 29.9 Å². The minimum Gasteiger partial charge on any atom is -0.465 e. The summed E-state index contributed by atoms with van der Waals surface area (Å²) in [5.41, 5.74) is 0.408. The number of guanidine groups is 1. The van der Waals surface area contributed by atoms with E-state index in [-0.39, 0.29) is 5.91 Å². The zero-order valence-electron chi connectivity index (χ0n) is 10.1. The highest BCUT2D eigenvalue weighted by molar-refractivity contribution is 6.13. The molecule has 1 saturated heterocycles. The molecule has 0 bridgehead atoms. The average molecular weight is 245 g/mol. The fraction of sp³-hybridized carbons (Fsp3) is 0.385. The molecular weight excluding hydrogens is 230 g/mol. The van der Waals surface area contributed by atoms with E-state index in [1.807, 2.05) is 0 Å². The number of nitrogens with zero attached hydrogens (tertiary/aromatic N) is 2. The van der Waals surface area contributed by atoms with Gasteiger partial charge in [0.25, 0.3) is 5.91 Å². The molecule has 1 aromatic heterocycles. The number of amides is 1. The summed E-state index contributed by atoms with van der Waals surface area (Å²) in [5.74, 6) is 1.16. The molecule has 0 atom stereocenters. The lowest BCUT2D eigenvalue weighted by Gasteiger charge is -2.27. The highest BCUT2D eigenvalue weighted by Gasteiger charge is 2.25. The van der Waals surface area contributed by atoms with Crippen LogP contribution in [0.15, 0.2) is 33.5 Å². The summed E-state index contributed by atoms with van der Waals surface area (Å²) in [5, 5.41) is 2.81. The maximum Gasteiger partial charge on any atom is 0.276 e. The third kappa shape index (κ3) is 2.16. The van der Waals surface area contributed by atoms with Gasteiger partial charge >= 0.3 is 0 Å². The van der Waals surface area contributed by atoms with E-state index in [1.54, 1.807) is 24.5 Å². The van der Waals surface area contributed by atoms with E-state index >= 15 is 0 Å². The van der Waals surface area contributed by atoms with Gasteiger partial charge in [0.1, 0.15) is 11.5 Å². The van der Waals surface area contributed by atoms with E-state index in [2.05, 4.69) is 15.2 Å². The molecule has 3 rings (SSSR count). The summed E-state index contributed by atoms with van der Waals surface area (Å²) in [6.45, 7) is 1.93. The Morgan fingerprint density at radius 1 is 1.33 bits per heavy atom. The van der Waals surface area contributed by atoms with Crippen LogP contribution in [0.25, 0.3) is 6.08 Å². The van der Waals surface area contributed by atoms with Gasteiger partial charge in [-0.25, -0.2) is 4.99 Å². The number of carbonyl (C=O) groups is 1. The van der Waals surface area contributed by atoms with Crippen LogP contribution in [0.5, 0.6) is 0 Å². The molecule has 1 fully saturated rings. The van der Waals surface area contributed by atoms with E-state index in [0.717, 1.165) is 25.9 Å². The van der Waals surface area contributed by atoms with Gasteiger partial charge in [-0.2, -0.15) is 0 Å². The van der Waals surface area contributed by atoms with Crippen LogP contribution < -0.4 is 5.32 Å². The molecule has 0 aliphatic carbocycles. The van der Waals surface area contributed by atoms with Crippen molar-refractivity contribution in [1.82, 2.24) is 10.2 Å². The zero-order valence-corrected chi connectivity index (χ0v) is 10.1. The maximum atomic E-state index is 11.8. The van der Waals surface area contributed by atoms with E-state index in [0.29, 0.717) is 17.4 Å². The molecule has 18 heavy (non-hydrogen) atoms. The number of hydrogen-bond acceptors (Lipinski definition) is 4. The third-order valence-corrected chi connectivity index (χ3v) is 3.16. The summed E-state index contributed by atoms with van der Waals surface area (Å²) in [7, 11) is 0. The van der Waals surface area contributed by atoms with Crippen molar-refractivity contribution in [3.05, 3.63) is 29.9 Å². The predicted molar refractivity (Wildman–Crippen MR) is 67.7 cm³/mol. The quantitative estimate of drug-likeness (QED) is 0.764. The predicted octanol–water partition coefficient (Wildman–Crippen LogP) is 1.59. The van der Waals surface area contributed by atoms with Gasteiger partial charge in [0, 0.05) is 19.2 Å². The minimum absolute atomic E-state index is 0.160. The van der Waals surface area contributed by atoms with Crippen molar-refractivity contribution in [2.45, 2.75) is 19.3 Å². The number of furan rings is 1. The van der Waals surface area contributed by atoms with Crippen LogP contribution in [0.2, 0.25) is 0 Å². The van der Waals surface area contributed by atoms with Gasteiger partial charge in [0.15, 0.2) is 0 Å². The lowest BCUT2D eigenvalue weighted by Crippen LogP contribution is -2.43. The van der Waals surface area contributed by atoms with Gasteiger partial charge in [-0.05, 0) is 31.4 Å². The third-order valence-electron chi connectivity index (χ3n) is 3.16. The molecule has 94 valence electrons. The van der Waals surface area contributed by atoms with Crippen molar-refractivity contribution in [1.29, 1.82) is 0 Å². The molecule has 2 aliphatic rings. The standard InChI is InChI=1S/C13H15N3O2/c17-12-11(9-10-5-4-8-18-10)14-13(15-12)16-6-2-1-3-7-16/h4-5,8-9H,1-3,6-7H2,(H,14,15,17). The Morgan fingerprint density at radius 3 is 2.89 bits per heavy atom. The average Bonchev–Trinajstić information content (AvgIpc) is 3.02. The Hall–Kier alpha value is -2.04. The number of likely N-dealkylation sites (tertiary alicyclic amines) is 1. The van der Waals surface area contributed by atoms with Gasteiger partial charge < -0.3 is 9.32 Å². The van der Waals surface area contributed by atoms with Crippen molar-refractivity contribution in [3.63, 3.8) is 0 Å². The van der Waals surface area contributed by atoms with Crippen LogP contribution in [0.3, 0.4) is 0 Å². The summed E-state index contributed by atoms with van der Waals surface area (Å²) < 4.78 is 5.19. The number of hydrogen-bond donors (Lipinski definition) is 1. The van der Waals surface area contributed by atoms with E-state index in [9.17, 15) is 4.79 Å². The van der Waals surface area contributed by atoms with Crippen molar-refractivity contribution in [3.8, 4) is 0 Å². The maximum absolute atomic E-state index is 11.8. The molecular formula is C13H15N3O2. The number of aliphatic imine (C=N–C) groups is 1. The molecule has 1 amide bonds. The SMILES string of the molecule is O=C1NC(N2CCCCC2)=NC1=Cc1ccco1. The second-order valence-corrected chi connectivity index (χ2v) is 4.48. The summed E-state index contributed by atoms with van der Waals surface area (Å²) in [4.78, 5) is 18.3.